The van der Waals surface area contributed by atoms with Crippen molar-refractivity contribution >= 4 is 0 Å². The lowest BCUT2D eigenvalue weighted by atomic mass is 9.59. The molecule has 1 aliphatic carbocycles. The minimum atomic E-state index is 0.757. The van der Waals surface area contributed by atoms with E-state index in [1.54, 1.807) is 0 Å². The molecular formula is C10H19N. The molecule has 0 aromatic heterocycles. The summed E-state index contributed by atoms with van der Waals surface area (Å²) in [6.45, 7) is 3.59. The summed E-state index contributed by atoms with van der Waals surface area (Å²) in [5.74, 6) is 0. The Kier molecular flexibility index (Phi) is 1.92. The molecule has 0 aromatic carbocycles. The Bertz CT molecular complexity index is 138. The Morgan fingerprint density at radius 2 is 2.00 bits per heavy atom. The fourth-order valence-corrected chi connectivity index (χ4v) is 2.91. The molecular weight excluding hydrogens is 134 g/mol. The number of rotatable bonds is 1. The van der Waals surface area contributed by atoms with Crippen LogP contribution in [0.15, 0.2) is 0 Å². The molecule has 1 saturated carbocycles. The van der Waals surface area contributed by atoms with Crippen molar-refractivity contribution in [2.75, 3.05) is 6.54 Å². The number of hydrogen-bond acceptors (Lipinski definition) is 1. The van der Waals surface area contributed by atoms with E-state index in [1.165, 1.54) is 45.1 Å². The topological polar surface area (TPSA) is 12.0 Å². The Morgan fingerprint density at radius 3 is 2.45 bits per heavy atom. The first-order chi connectivity index (χ1) is 5.37. The van der Waals surface area contributed by atoms with Crippen molar-refractivity contribution in [3.05, 3.63) is 0 Å². The van der Waals surface area contributed by atoms with Crippen LogP contribution in [0, 0.1) is 5.41 Å². The lowest BCUT2D eigenvalue weighted by Crippen LogP contribution is -2.52. The molecule has 2 rings (SSSR count). The summed E-state index contributed by atoms with van der Waals surface area (Å²) in [4.78, 5) is 0. The highest BCUT2D eigenvalue weighted by Crippen LogP contribution is 2.49. The van der Waals surface area contributed by atoms with Crippen molar-refractivity contribution in [2.45, 2.75) is 51.5 Å². The second-order valence-corrected chi connectivity index (χ2v) is 4.23. The molecule has 1 N–H and O–H groups in total. The molecule has 0 amide bonds. The molecule has 64 valence electrons. The zero-order chi connectivity index (χ0) is 7.73. The fourth-order valence-electron chi connectivity index (χ4n) is 2.91. The molecule has 2 aliphatic rings. The molecule has 0 unspecified atom stereocenters. The Balaban J connectivity index is 2.02. The summed E-state index contributed by atoms with van der Waals surface area (Å²) in [6, 6.07) is 0.852. The van der Waals surface area contributed by atoms with Gasteiger partial charge in [-0.3, -0.25) is 0 Å². The minimum Gasteiger partial charge on any atom is -0.313 e. The van der Waals surface area contributed by atoms with Crippen molar-refractivity contribution in [1.29, 1.82) is 0 Å². The van der Waals surface area contributed by atoms with Crippen molar-refractivity contribution in [3.63, 3.8) is 0 Å². The second kappa shape index (κ2) is 2.78. The summed E-state index contributed by atoms with van der Waals surface area (Å²) in [7, 11) is 0. The first-order valence-electron chi connectivity index (χ1n) is 5.11. The van der Waals surface area contributed by atoms with Crippen molar-refractivity contribution in [2.24, 2.45) is 5.41 Å². The molecule has 1 heteroatoms. The zero-order valence-electron chi connectivity index (χ0n) is 7.53. The van der Waals surface area contributed by atoms with Crippen LogP contribution in [0.2, 0.25) is 0 Å². The maximum absolute atomic E-state index is 3.66. The van der Waals surface area contributed by atoms with Gasteiger partial charge >= 0.3 is 0 Å². The Labute approximate surface area is 69.6 Å². The van der Waals surface area contributed by atoms with Gasteiger partial charge in [0.25, 0.3) is 0 Å². The molecule has 11 heavy (non-hydrogen) atoms. The van der Waals surface area contributed by atoms with Gasteiger partial charge in [0.1, 0.15) is 0 Å². The van der Waals surface area contributed by atoms with E-state index in [4.69, 9.17) is 0 Å². The van der Waals surface area contributed by atoms with Gasteiger partial charge in [-0.2, -0.15) is 0 Å². The van der Waals surface area contributed by atoms with Gasteiger partial charge in [0.15, 0.2) is 0 Å². The third kappa shape index (κ3) is 1.10. The zero-order valence-corrected chi connectivity index (χ0v) is 7.53. The van der Waals surface area contributed by atoms with Gasteiger partial charge in [-0.25, -0.2) is 0 Å². The van der Waals surface area contributed by atoms with Crippen LogP contribution in [0.4, 0.5) is 0 Å². The molecule has 1 spiro atoms. The number of piperidine rings is 1. The fraction of sp³-hybridized carbons (Fsp3) is 1.00. The third-order valence-corrected chi connectivity index (χ3v) is 3.74. The van der Waals surface area contributed by atoms with E-state index >= 15 is 0 Å². The number of nitrogens with one attached hydrogen (secondary N) is 1. The van der Waals surface area contributed by atoms with E-state index in [-0.39, 0.29) is 0 Å². The van der Waals surface area contributed by atoms with E-state index in [9.17, 15) is 0 Å². The quantitative estimate of drug-likeness (QED) is 0.609. The average molecular weight is 153 g/mol. The normalized spacial score (nSPS) is 35.2. The summed E-state index contributed by atoms with van der Waals surface area (Å²) in [5, 5.41) is 3.66. The Hall–Kier alpha value is -0.0400. The van der Waals surface area contributed by atoms with Crippen LogP contribution in [0.25, 0.3) is 0 Å². The van der Waals surface area contributed by atoms with E-state index in [0.29, 0.717) is 0 Å². The summed E-state index contributed by atoms with van der Waals surface area (Å²) in [6.07, 6.45) is 8.73. The molecule has 2 fully saturated rings. The van der Waals surface area contributed by atoms with Gasteiger partial charge in [0.05, 0.1) is 0 Å². The van der Waals surface area contributed by atoms with E-state index in [2.05, 4.69) is 12.2 Å². The first kappa shape index (κ1) is 7.60. The van der Waals surface area contributed by atoms with E-state index in [0.717, 1.165) is 11.5 Å². The van der Waals surface area contributed by atoms with Crippen LogP contribution < -0.4 is 5.32 Å². The van der Waals surface area contributed by atoms with Gasteiger partial charge < -0.3 is 5.32 Å². The lowest BCUT2D eigenvalue weighted by molar-refractivity contribution is 0.0369. The van der Waals surface area contributed by atoms with Crippen molar-refractivity contribution in [1.82, 2.24) is 5.32 Å². The molecule has 1 heterocycles. The SMILES string of the molecule is CC[C@@H]1NCCCC12CCC2. The molecule has 0 radical (unpaired) electrons. The minimum absolute atomic E-state index is 0.757. The average Bonchev–Trinajstić information content (AvgIpc) is 2.01. The molecule has 1 atom stereocenters. The highest BCUT2D eigenvalue weighted by molar-refractivity contribution is 4.98. The highest BCUT2D eigenvalue weighted by atomic mass is 15.0. The monoisotopic (exact) mass is 153 g/mol. The lowest BCUT2D eigenvalue weighted by Gasteiger charge is -2.51. The van der Waals surface area contributed by atoms with Gasteiger partial charge in [-0.1, -0.05) is 13.3 Å². The van der Waals surface area contributed by atoms with Gasteiger partial charge in [0, 0.05) is 6.04 Å². The number of hydrogen-bond donors (Lipinski definition) is 1. The molecule has 0 bridgehead atoms. The highest BCUT2D eigenvalue weighted by Gasteiger charge is 2.43. The van der Waals surface area contributed by atoms with Crippen LogP contribution in [0.1, 0.15) is 45.4 Å². The summed E-state index contributed by atoms with van der Waals surface area (Å²) in [5.41, 5.74) is 0.757. The van der Waals surface area contributed by atoms with Gasteiger partial charge in [-0.15, -0.1) is 0 Å². The van der Waals surface area contributed by atoms with Crippen LogP contribution >= 0.6 is 0 Å². The largest absolute Gasteiger partial charge is 0.313 e. The third-order valence-electron chi connectivity index (χ3n) is 3.74. The van der Waals surface area contributed by atoms with E-state index in [1.807, 2.05) is 0 Å². The maximum Gasteiger partial charge on any atom is 0.0121 e. The molecule has 1 saturated heterocycles. The molecule has 0 aromatic rings. The molecule has 1 nitrogen and oxygen atoms in total. The van der Waals surface area contributed by atoms with Crippen LogP contribution in [-0.4, -0.2) is 12.6 Å². The first-order valence-corrected chi connectivity index (χ1v) is 5.11. The predicted octanol–water partition coefficient (Wildman–Crippen LogP) is 2.32. The smallest absolute Gasteiger partial charge is 0.0121 e. The predicted molar refractivity (Wildman–Crippen MR) is 47.6 cm³/mol. The Morgan fingerprint density at radius 1 is 1.27 bits per heavy atom. The summed E-state index contributed by atoms with van der Waals surface area (Å²) < 4.78 is 0. The van der Waals surface area contributed by atoms with Crippen molar-refractivity contribution in [3.8, 4) is 0 Å². The van der Waals surface area contributed by atoms with Gasteiger partial charge in [0.2, 0.25) is 0 Å². The summed E-state index contributed by atoms with van der Waals surface area (Å²) >= 11 is 0. The van der Waals surface area contributed by atoms with Crippen LogP contribution in [0.5, 0.6) is 0 Å². The van der Waals surface area contributed by atoms with E-state index < -0.39 is 0 Å². The maximum atomic E-state index is 3.66. The molecule has 1 aliphatic heterocycles. The van der Waals surface area contributed by atoms with Crippen LogP contribution in [-0.2, 0) is 0 Å². The van der Waals surface area contributed by atoms with Crippen LogP contribution in [0.3, 0.4) is 0 Å². The van der Waals surface area contributed by atoms with Crippen molar-refractivity contribution < 1.29 is 0 Å². The second-order valence-electron chi connectivity index (χ2n) is 4.23. The van der Waals surface area contributed by atoms with Gasteiger partial charge in [-0.05, 0) is 44.1 Å². The standard InChI is InChI=1S/C10H19N/c1-2-9-10(5-3-6-10)7-4-8-11-9/h9,11H,2-8H2,1H3/t9-/m0/s1.